The number of hydrogen-bond donors (Lipinski definition) is 1. The Morgan fingerprint density at radius 3 is 2.88 bits per heavy atom. The number of carbonyl (C=O) groups excluding carboxylic acids is 1. The molecular weight excluding hydrogens is 320 g/mol. The molecular formula is C16H19F2N3O3. The highest BCUT2D eigenvalue weighted by molar-refractivity contribution is 5.94. The first kappa shape index (κ1) is 17.7. The quantitative estimate of drug-likeness (QED) is 0.714. The van der Waals surface area contributed by atoms with Crippen LogP contribution in [-0.2, 0) is 6.54 Å². The van der Waals surface area contributed by atoms with Crippen LogP contribution < -0.4 is 14.8 Å². The molecule has 2 aromatic rings. The zero-order valence-corrected chi connectivity index (χ0v) is 13.2. The van der Waals surface area contributed by atoms with Crippen molar-refractivity contribution < 1.29 is 23.0 Å². The first-order valence-electron chi connectivity index (χ1n) is 7.57. The molecule has 0 atom stereocenters. The molecule has 0 aliphatic rings. The van der Waals surface area contributed by atoms with Crippen LogP contribution in [-0.4, -0.2) is 35.5 Å². The van der Waals surface area contributed by atoms with Gasteiger partial charge in [0, 0.05) is 31.0 Å². The molecule has 0 spiro atoms. The van der Waals surface area contributed by atoms with Crippen molar-refractivity contribution in [3.8, 4) is 11.5 Å². The maximum atomic E-state index is 12.4. The van der Waals surface area contributed by atoms with E-state index in [2.05, 4.69) is 15.2 Å². The second kappa shape index (κ2) is 8.85. The highest BCUT2D eigenvalue weighted by Gasteiger charge is 2.14. The van der Waals surface area contributed by atoms with Gasteiger partial charge >= 0.3 is 6.61 Å². The summed E-state index contributed by atoms with van der Waals surface area (Å²) in [6.07, 6.45) is 4.26. The first-order chi connectivity index (χ1) is 11.6. The molecule has 130 valence electrons. The first-order valence-corrected chi connectivity index (χ1v) is 7.57. The summed E-state index contributed by atoms with van der Waals surface area (Å²) < 4.78 is 36.1. The van der Waals surface area contributed by atoms with Crippen molar-refractivity contribution in [1.82, 2.24) is 15.1 Å². The van der Waals surface area contributed by atoms with Gasteiger partial charge in [-0.05, 0) is 37.6 Å². The fraction of sp³-hybridized carbons (Fsp3) is 0.375. The molecule has 1 aromatic heterocycles. The molecule has 0 aliphatic carbocycles. The van der Waals surface area contributed by atoms with Crippen LogP contribution in [0.1, 0.15) is 23.7 Å². The molecule has 1 heterocycles. The maximum absolute atomic E-state index is 12.4. The van der Waals surface area contributed by atoms with Crippen molar-refractivity contribution in [2.24, 2.45) is 0 Å². The average Bonchev–Trinajstić information content (AvgIpc) is 3.06. The third-order valence-electron chi connectivity index (χ3n) is 3.13. The fourth-order valence-electron chi connectivity index (χ4n) is 2.09. The Morgan fingerprint density at radius 1 is 1.38 bits per heavy atom. The Morgan fingerprint density at radius 2 is 2.21 bits per heavy atom. The van der Waals surface area contributed by atoms with Gasteiger partial charge in [-0.15, -0.1) is 0 Å². The Bertz CT molecular complexity index is 648. The Balaban J connectivity index is 1.91. The normalized spacial score (nSPS) is 10.7. The molecule has 6 nitrogen and oxygen atoms in total. The lowest BCUT2D eigenvalue weighted by Crippen LogP contribution is -2.25. The molecule has 0 saturated heterocycles. The van der Waals surface area contributed by atoms with Crippen LogP contribution >= 0.6 is 0 Å². The molecule has 1 N–H and O–H groups in total. The number of aryl methyl sites for hydroxylation is 1. The summed E-state index contributed by atoms with van der Waals surface area (Å²) in [5.74, 6) is -0.288. The van der Waals surface area contributed by atoms with Crippen LogP contribution in [0, 0.1) is 0 Å². The number of nitrogens with zero attached hydrogens (tertiary/aromatic N) is 2. The molecule has 0 saturated carbocycles. The Hall–Kier alpha value is -2.64. The van der Waals surface area contributed by atoms with Gasteiger partial charge in [-0.25, -0.2) is 0 Å². The molecule has 8 heteroatoms. The lowest BCUT2D eigenvalue weighted by molar-refractivity contribution is -0.0514. The minimum absolute atomic E-state index is 0.0953. The van der Waals surface area contributed by atoms with Crippen LogP contribution in [0.3, 0.4) is 0 Å². The number of amides is 1. The van der Waals surface area contributed by atoms with Crippen molar-refractivity contribution in [3.05, 3.63) is 42.2 Å². The van der Waals surface area contributed by atoms with Crippen molar-refractivity contribution in [2.75, 3.05) is 13.2 Å². The van der Waals surface area contributed by atoms with Crippen LogP contribution in [0.5, 0.6) is 11.5 Å². The molecule has 2 rings (SSSR count). The second-order valence-electron chi connectivity index (χ2n) is 4.85. The van der Waals surface area contributed by atoms with E-state index in [-0.39, 0.29) is 24.0 Å². The summed E-state index contributed by atoms with van der Waals surface area (Å²) in [7, 11) is 0. The lowest BCUT2D eigenvalue weighted by Gasteiger charge is -2.13. The lowest BCUT2D eigenvalue weighted by atomic mass is 10.2. The maximum Gasteiger partial charge on any atom is 0.387 e. The van der Waals surface area contributed by atoms with Gasteiger partial charge in [0.15, 0.2) is 11.5 Å². The summed E-state index contributed by atoms with van der Waals surface area (Å²) in [5, 5.41) is 6.84. The molecule has 1 amide bonds. The minimum atomic E-state index is -2.95. The van der Waals surface area contributed by atoms with Gasteiger partial charge in [-0.1, -0.05) is 0 Å². The van der Waals surface area contributed by atoms with E-state index >= 15 is 0 Å². The van der Waals surface area contributed by atoms with Crippen LogP contribution in [0.2, 0.25) is 0 Å². The van der Waals surface area contributed by atoms with Gasteiger partial charge in [-0.2, -0.15) is 13.9 Å². The number of rotatable bonds is 9. The van der Waals surface area contributed by atoms with Gasteiger partial charge in [-0.3, -0.25) is 9.48 Å². The minimum Gasteiger partial charge on any atom is -0.490 e. The summed E-state index contributed by atoms with van der Waals surface area (Å²) in [6.45, 7) is 0.199. The van der Waals surface area contributed by atoms with E-state index in [1.54, 1.807) is 17.8 Å². The second-order valence-corrected chi connectivity index (χ2v) is 4.85. The van der Waals surface area contributed by atoms with E-state index < -0.39 is 6.61 Å². The molecule has 0 unspecified atom stereocenters. The van der Waals surface area contributed by atoms with Crippen LogP contribution in [0.4, 0.5) is 8.78 Å². The Kier molecular flexibility index (Phi) is 6.53. The van der Waals surface area contributed by atoms with Crippen molar-refractivity contribution in [1.29, 1.82) is 0 Å². The van der Waals surface area contributed by atoms with E-state index in [0.717, 1.165) is 6.42 Å². The number of hydrogen-bond acceptors (Lipinski definition) is 4. The fourth-order valence-corrected chi connectivity index (χ4v) is 2.09. The smallest absolute Gasteiger partial charge is 0.387 e. The molecule has 24 heavy (non-hydrogen) atoms. The van der Waals surface area contributed by atoms with Gasteiger partial charge in [0.2, 0.25) is 0 Å². The third-order valence-corrected chi connectivity index (χ3v) is 3.13. The van der Waals surface area contributed by atoms with Gasteiger partial charge in [0.1, 0.15) is 0 Å². The predicted molar refractivity (Wildman–Crippen MR) is 83.4 cm³/mol. The van der Waals surface area contributed by atoms with Crippen LogP contribution in [0.15, 0.2) is 36.7 Å². The van der Waals surface area contributed by atoms with Crippen LogP contribution in [0.25, 0.3) is 0 Å². The zero-order valence-electron chi connectivity index (χ0n) is 13.2. The number of carbonyl (C=O) groups is 1. The van der Waals surface area contributed by atoms with Crippen molar-refractivity contribution in [3.63, 3.8) is 0 Å². The number of nitrogens with one attached hydrogen (secondary N) is 1. The largest absolute Gasteiger partial charge is 0.490 e. The number of aromatic nitrogens is 2. The van der Waals surface area contributed by atoms with Gasteiger partial charge in [0.25, 0.3) is 5.91 Å². The van der Waals surface area contributed by atoms with Crippen molar-refractivity contribution in [2.45, 2.75) is 26.5 Å². The Labute approximate surface area is 138 Å². The summed E-state index contributed by atoms with van der Waals surface area (Å²) in [6, 6.07) is 5.94. The van der Waals surface area contributed by atoms with E-state index in [0.29, 0.717) is 18.7 Å². The average molecular weight is 339 g/mol. The molecule has 0 radical (unpaired) electrons. The number of alkyl halides is 2. The zero-order chi connectivity index (χ0) is 17.4. The summed E-state index contributed by atoms with van der Waals surface area (Å²) >= 11 is 0. The van der Waals surface area contributed by atoms with E-state index in [1.165, 1.54) is 18.2 Å². The molecule has 0 fully saturated rings. The van der Waals surface area contributed by atoms with E-state index in [1.807, 2.05) is 12.3 Å². The molecule has 1 aromatic carbocycles. The SMILES string of the molecule is CCOc1cc(C(=O)NCCCn2cccn2)ccc1OC(F)F. The highest BCUT2D eigenvalue weighted by atomic mass is 19.3. The van der Waals surface area contributed by atoms with E-state index in [4.69, 9.17) is 4.74 Å². The summed E-state index contributed by atoms with van der Waals surface area (Å²) in [4.78, 5) is 12.1. The topological polar surface area (TPSA) is 65.4 Å². The van der Waals surface area contributed by atoms with Crippen molar-refractivity contribution >= 4 is 5.91 Å². The molecule has 0 bridgehead atoms. The van der Waals surface area contributed by atoms with Gasteiger partial charge < -0.3 is 14.8 Å². The number of ether oxygens (including phenoxy) is 2. The predicted octanol–water partition coefficient (Wildman–Crippen LogP) is 2.70. The number of benzene rings is 1. The third kappa shape index (κ3) is 5.22. The number of halogens is 2. The molecule has 0 aliphatic heterocycles. The summed E-state index contributed by atoms with van der Waals surface area (Å²) in [5.41, 5.74) is 0.319. The monoisotopic (exact) mass is 339 g/mol. The standard InChI is InChI=1S/C16H19F2N3O3/c1-2-23-14-11-12(5-6-13(14)24-16(17)18)15(22)19-7-3-9-21-10-4-8-20-21/h4-6,8,10-11,16H,2-3,7,9H2,1H3,(H,19,22). The van der Waals surface area contributed by atoms with Gasteiger partial charge in [0.05, 0.1) is 6.61 Å². The van der Waals surface area contributed by atoms with E-state index in [9.17, 15) is 13.6 Å². The highest BCUT2D eigenvalue weighted by Crippen LogP contribution is 2.29.